The van der Waals surface area contributed by atoms with Gasteiger partial charge in [-0.15, -0.1) is 0 Å². The number of anilines is 1. The molecule has 3 N–H and O–H groups in total. The summed E-state index contributed by atoms with van der Waals surface area (Å²) in [7, 11) is 0. The normalized spacial score (nSPS) is 18.0. The molecule has 0 bridgehead atoms. The highest BCUT2D eigenvalue weighted by molar-refractivity contribution is 6.05. The van der Waals surface area contributed by atoms with Gasteiger partial charge in [0, 0.05) is 37.4 Å². The summed E-state index contributed by atoms with van der Waals surface area (Å²) in [5.41, 5.74) is 1.84. The van der Waals surface area contributed by atoms with Gasteiger partial charge in [-0.1, -0.05) is 0 Å². The number of rotatable bonds is 12. The number of nitrogens with one attached hydrogen (secondary N) is 3. The van der Waals surface area contributed by atoms with Gasteiger partial charge < -0.3 is 25.0 Å². The predicted octanol–water partition coefficient (Wildman–Crippen LogP) is 0.419. The first-order valence-electron chi connectivity index (χ1n) is 10.9. The van der Waals surface area contributed by atoms with Crippen LogP contribution in [-0.4, -0.2) is 74.1 Å². The van der Waals surface area contributed by atoms with E-state index in [9.17, 15) is 19.2 Å². The summed E-state index contributed by atoms with van der Waals surface area (Å²) in [6.07, 6.45) is 1.32. The van der Waals surface area contributed by atoms with Crippen LogP contribution in [-0.2, 0) is 30.4 Å². The number of ether oxygens (including phenoxy) is 2. The Labute approximate surface area is 187 Å². The van der Waals surface area contributed by atoms with E-state index in [1.807, 2.05) is 6.92 Å². The molecule has 10 heteroatoms. The largest absolute Gasteiger partial charge is 0.379 e. The van der Waals surface area contributed by atoms with Crippen LogP contribution in [0.5, 0.6) is 0 Å². The van der Waals surface area contributed by atoms with E-state index in [1.165, 1.54) is 4.90 Å². The van der Waals surface area contributed by atoms with E-state index in [-0.39, 0.29) is 37.2 Å². The number of carbonyl (C=O) groups excluding carboxylic acids is 4. The number of hydrogen-bond donors (Lipinski definition) is 3. The van der Waals surface area contributed by atoms with Gasteiger partial charge in [-0.25, -0.2) is 0 Å². The zero-order valence-corrected chi connectivity index (χ0v) is 18.3. The van der Waals surface area contributed by atoms with Crippen LogP contribution in [0.25, 0.3) is 0 Å². The van der Waals surface area contributed by atoms with E-state index in [4.69, 9.17) is 9.47 Å². The predicted molar refractivity (Wildman–Crippen MR) is 116 cm³/mol. The Morgan fingerprint density at radius 1 is 1.19 bits per heavy atom. The van der Waals surface area contributed by atoms with E-state index < -0.39 is 11.9 Å². The van der Waals surface area contributed by atoms with E-state index in [0.717, 1.165) is 12.0 Å². The average molecular weight is 447 g/mol. The van der Waals surface area contributed by atoms with Gasteiger partial charge in [-0.2, -0.15) is 0 Å². The number of fused-ring (bicyclic) bond motifs is 1. The molecule has 1 aromatic carbocycles. The molecule has 4 amide bonds. The highest BCUT2D eigenvalue weighted by atomic mass is 16.5. The number of amides is 4. The van der Waals surface area contributed by atoms with Crippen molar-refractivity contribution in [3.63, 3.8) is 0 Å². The van der Waals surface area contributed by atoms with Crippen molar-refractivity contribution in [1.29, 1.82) is 0 Å². The summed E-state index contributed by atoms with van der Waals surface area (Å²) in [5, 5.41) is 8.17. The van der Waals surface area contributed by atoms with Crippen molar-refractivity contribution in [3.05, 3.63) is 29.3 Å². The maximum Gasteiger partial charge on any atom is 0.255 e. The van der Waals surface area contributed by atoms with E-state index in [0.29, 0.717) is 50.6 Å². The maximum absolute atomic E-state index is 12.7. The number of nitrogens with zero attached hydrogens (tertiary/aromatic N) is 1. The second-order valence-corrected chi connectivity index (χ2v) is 7.66. The van der Waals surface area contributed by atoms with Crippen LogP contribution in [0.4, 0.5) is 5.69 Å². The van der Waals surface area contributed by atoms with Crippen molar-refractivity contribution in [2.24, 2.45) is 0 Å². The molecule has 2 heterocycles. The zero-order chi connectivity index (χ0) is 22.9. The molecular formula is C22H30N4O6. The number of piperidine rings is 1. The van der Waals surface area contributed by atoms with Crippen molar-refractivity contribution >= 4 is 29.3 Å². The Hall–Kier alpha value is -2.82. The molecule has 0 spiro atoms. The van der Waals surface area contributed by atoms with Crippen LogP contribution in [0, 0.1) is 0 Å². The van der Waals surface area contributed by atoms with Crippen LogP contribution in [0.3, 0.4) is 0 Å². The minimum atomic E-state index is -0.655. The van der Waals surface area contributed by atoms with Crippen LogP contribution in [0.1, 0.15) is 42.1 Å². The molecule has 0 saturated carbocycles. The molecule has 0 radical (unpaired) electrons. The Bertz CT molecular complexity index is 859. The summed E-state index contributed by atoms with van der Waals surface area (Å²) < 4.78 is 10.6. The summed E-state index contributed by atoms with van der Waals surface area (Å²) in [5.74, 6) is -1.18. The van der Waals surface area contributed by atoms with E-state index >= 15 is 0 Å². The van der Waals surface area contributed by atoms with E-state index in [2.05, 4.69) is 16.0 Å². The lowest BCUT2D eigenvalue weighted by molar-refractivity contribution is -0.137. The Kier molecular flexibility index (Phi) is 8.72. The number of hydrogen-bond acceptors (Lipinski definition) is 7. The molecule has 1 fully saturated rings. The fourth-order valence-electron chi connectivity index (χ4n) is 3.72. The first-order chi connectivity index (χ1) is 15.5. The van der Waals surface area contributed by atoms with Gasteiger partial charge in [0.15, 0.2) is 0 Å². The smallest absolute Gasteiger partial charge is 0.255 e. The average Bonchev–Trinajstić information content (AvgIpc) is 3.08. The van der Waals surface area contributed by atoms with Gasteiger partial charge in [-0.3, -0.25) is 24.5 Å². The van der Waals surface area contributed by atoms with Crippen molar-refractivity contribution < 1.29 is 28.7 Å². The van der Waals surface area contributed by atoms with Crippen molar-refractivity contribution in [2.45, 2.75) is 38.8 Å². The van der Waals surface area contributed by atoms with Gasteiger partial charge in [0.25, 0.3) is 5.91 Å². The molecule has 32 heavy (non-hydrogen) atoms. The van der Waals surface area contributed by atoms with Gasteiger partial charge in [-0.05, 0) is 50.1 Å². The third kappa shape index (κ3) is 6.35. The second-order valence-electron chi connectivity index (χ2n) is 7.66. The first kappa shape index (κ1) is 23.8. The molecule has 1 atom stereocenters. The first-order valence-corrected chi connectivity index (χ1v) is 10.9. The highest BCUT2D eigenvalue weighted by Gasteiger charge is 2.39. The molecule has 174 valence electrons. The molecule has 1 saturated heterocycles. The lowest BCUT2D eigenvalue weighted by atomic mass is 10.0. The van der Waals surface area contributed by atoms with E-state index in [1.54, 1.807) is 18.2 Å². The molecular weight excluding hydrogens is 416 g/mol. The molecule has 2 aliphatic rings. The van der Waals surface area contributed by atoms with Crippen LogP contribution >= 0.6 is 0 Å². The molecule has 1 aromatic rings. The maximum atomic E-state index is 12.7. The minimum absolute atomic E-state index is 0.164. The molecule has 0 aliphatic carbocycles. The third-order valence-electron chi connectivity index (χ3n) is 5.31. The summed E-state index contributed by atoms with van der Waals surface area (Å²) in [6, 6.07) is 4.43. The van der Waals surface area contributed by atoms with Crippen LogP contribution < -0.4 is 16.0 Å². The monoisotopic (exact) mass is 446 g/mol. The topological polar surface area (TPSA) is 126 Å². The minimum Gasteiger partial charge on any atom is -0.379 e. The van der Waals surface area contributed by atoms with Gasteiger partial charge in [0.1, 0.15) is 6.04 Å². The quantitative estimate of drug-likeness (QED) is 0.314. The molecule has 2 aliphatic heterocycles. The number of benzene rings is 1. The Morgan fingerprint density at radius 2 is 2.00 bits per heavy atom. The fourth-order valence-corrected chi connectivity index (χ4v) is 3.72. The second kappa shape index (κ2) is 11.7. The van der Waals surface area contributed by atoms with Gasteiger partial charge >= 0.3 is 0 Å². The van der Waals surface area contributed by atoms with Crippen molar-refractivity contribution in [1.82, 2.24) is 15.5 Å². The van der Waals surface area contributed by atoms with Crippen molar-refractivity contribution in [3.8, 4) is 0 Å². The molecule has 1 unspecified atom stereocenters. The fraction of sp³-hybridized carbons (Fsp3) is 0.545. The van der Waals surface area contributed by atoms with Gasteiger partial charge in [0.05, 0.1) is 19.8 Å². The summed E-state index contributed by atoms with van der Waals surface area (Å²) in [6.45, 7) is 5.46. The third-order valence-corrected chi connectivity index (χ3v) is 5.31. The standard InChI is InChI=1S/C22H30N4O6/c1-2-31-10-11-32-9-3-8-23-13-20(28)24-16-4-5-17-15(12-16)14-26(22(17)30)18-6-7-19(27)25-21(18)29/h4-5,12,18,23H,2-3,6-11,13-14H2,1H3,(H,24,28)(H,25,27,29). The molecule has 0 aromatic heterocycles. The lowest BCUT2D eigenvalue weighted by Crippen LogP contribution is -2.52. The molecule has 3 rings (SSSR count). The number of imide groups is 1. The Balaban J connectivity index is 1.41. The summed E-state index contributed by atoms with van der Waals surface area (Å²) in [4.78, 5) is 49.9. The highest BCUT2D eigenvalue weighted by Crippen LogP contribution is 2.29. The van der Waals surface area contributed by atoms with Crippen molar-refractivity contribution in [2.75, 3.05) is 44.8 Å². The SMILES string of the molecule is CCOCCOCCCNCC(=O)Nc1ccc2c(c1)CN(C1CCC(=O)NC1=O)C2=O. The van der Waals surface area contributed by atoms with Crippen LogP contribution in [0.15, 0.2) is 18.2 Å². The summed E-state index contributed by atoms with van der Waals surface area (Å²) >= 11 is 0. The molecule has 10 nitrogen and oxygen atoms in total. The van der Waals surface area contributed by atoms with Crippen LogP contribution in [0.2, 0.25) is 0 Å². The number of carbonyl (C=O) groups is 4. The zero-order valence-electron chi connectivity index (χ0n) is 18.3. The Morgan fingerprint density at radius 3 is 2.78 bits per heavy atom. The van der Waals surface area contributed by atoms with Gasteiger partial charge in [0.2, 0.25) is 17.7 Å². The lowest BCUT2D eigenvalue weighted by Gasteiger charge is -2.29.